The van der Waals surface area contributed by atoms with Crippen molar-refractivity contribution in [1.29, 1.82) is 0 Å². The molecule has 0 amide bonds. The molecule has 90 valence electrons. The van der Waals surface area contributed by atoms with Crippen LogP contribution in [0.2, 0.25) is 0 Å². The van der Waals surface area contributed by atoms with Crippen LogP contribution in [-0.2, 0) is 10.8 Å². The molecule has 1 aromatic carbocycles. The van der Waals surface area contributed by atoms with Crippen LogP contribution in [0.3, 0.4) is 0 Å². The van der Waals surface area contributed by atoms with Crippen molar-refractivity contribution in [1.82, 2.24) is 0 Å². The Labute approximate surface area is 106 Å². The van der Waals surface area contributed by atoms with Gasteiger partial charge in [0.15, 0.2) is 0 Å². The van der Waals surface area contributed by atoms with Crippen LogP contribution in [0.4, 0.5) is 0 Å². The minimum absolute atomic E-state index is 0.776. The van der Waals surface area contributed by atoms with Gasteiger partial charge in [-0.05, 0) is 55.7 Å². The minimum atomic E-state index is -0.936. The summed E-state index contributed by atoms with van der Waals surface area (Å²) in [5.74, 6) is 4.91. The summed E-state index contributed by atoms with van der Waals surface area (Å²) in [6, 6.07) is 7.19. The lowest BCUT2D eigenvalue weighted by atomic mass is 9.60. The number of fused-ring (bicyclic) bond motifs is 1. The molecule has 0 spiro atoms. The fourth-order valence-electron chi connectivity index (χ4n) is 2.33. The lowest BCUT2D eigenvalue weighted by molar-refractivity contribution is 0.0548. The molecule has 1 aromatic rings. The van der Waals surface area contributed by atoms with Gasteiger partial charge in [0.25, 0.3) is 0 Å². The van der Waals surface area contributed by atoms with Crippen LogP contribution in [0.5, 0.6) is 0 Å². The molecule has 0 radical (unpaired) electrons. The van der Waals surface area contributed by atoms with Gasteiger partial charge in [0, 0.05) is 27.5 Å². The summed E-state index contributed by atoms with van der Waals surface area (Å²) in [7, 11) is -0.936. The molecule has 0 N–H and O–H groups in total. The second kappa shape index (κ2) is 5.51. The highest BCUT2D eigenvalue weighted by Crippen LogP contribution is 2.49. The zero-order valence-corrected chi connectivity index (χ0v) is 11.0. The smallest absolute Gasteiger partial charge is 0.0498 e. The summed E-state index contributed by atoms with van der Waals surface area (Å²) >= 11 is 0. The highest BCUT2D eigenvalue weighted by atomic mass is 32.2. The Kier molecular flexibility index (Phi) is 4.02. The first kappa shape index (κ1) is 12.4. The van der Waals surface area contributed by atoms with Crippen LogP contribution >= 0.6 is 0 Å². The van der Waals surface area contributed by atoms with Crippen molar-refractivity contribution in [2.75, 3.05) is 6.26 Å². The predicted molar refractivity (Wildman–Crippen MR) is 72.2 cm³/mol. The molecule has 0 aromatic heterocycles. The summed E-state index contributed by atoms with van der Waals surface area (Å²) in [6.07, 6.45) is 13.0. The zero-order valence-electron chi connectivity index (χ0n) is 10.2. The fourth-order valence-corrected chi connectivity index (χ4v) is 2.89. The number of hydrogen-bond acceptors (Lipinski definition) is 1. The molecule has 1 atom stereocenters. The van der Waals surface area contributed by atoms with Crippen molar-refractivity contribution >= 4 is 10.8 Å². The van der Waals surface area contributed by atoms with Crippen LogP contribution in [0.1, 0.15) is 31.2 Å². The van der Waals surface area contributed by atoms with Gasteiger partial charge in [-0.2, -0.15) is 0 Å². The van der Waals surface area contributed by atoms with E-state index in [-0.39, 0.29) is 0 Å². The van der Waals surface area contributed by atoms with Gasteiger partial charge in [0.05, 0.1) is 0 Å². The predicted octanol–water partition coefficient (Wildman–Crippen LogP) is 3.21. The number of rotatable bonds is 1. The largest absolute Gasteiger partial charge is 0.255 e. The fraction of sp³-hybridized carbons (Fsp3) is 0.467. The van der Waals surface area contributed by atoms with Gasteiger partial charge in [0.2, 0.25) is 0 Å². The Morgan fingerprint density at radius 1 is 1.24 bits per heavy atom. The molecule has 0 heterocycles. The van der Waals surface area contributed by atoms with Crippen molar-refractivity contribution < 1.29 is 4.21 Å². The highest BCUT2D eigenvalue weighted by Gasteiger charge is 2.37. The summed E-state index contributed by atoms with van der Waals surface area (Å²) in [4.78, 5) is 0.778. The molecular weight excluding hydrogens is 228 g/mol. The topological polar surface area (TPSA) is 17.1 Å². The number of terminal acetylenes is 1. The molecule has 2 aliphatic carbocycles. The molecule has 2 aliphatic rings. The first-order valence-corrected chi connectivity index (χ1v) is 7.66. The van der Waals surface area contributed by atoms with E-state index in [1.54, 1.807) is 44.1 Å². The monoisotopic (exact) mass is 246 g/mol. The van der Waals surface area contributed by atoms with E-state index in [1.807, 2.05) is 12.1 Å². The first-order chi connectivity index (χ1) is 8.20. The Balaban J connectivity index is 0.000000148. The van der Waals surface area contributed by atoms with Gasteiger partial charge < -0.3 is 0 Å². The third-order valence-electron chi connectivity index (χ3n) is 3.82. The van der Waals surface area contributed by atoms with Gasteiger partial charge in [0.1, 0.15) is 0 Å². The quantitative estimate of drug-likeness (QED) is 0.695. The molecule has 17 heavy (non-hydrogen) atoms. The number of hydrogen-bond donors (Lipinski definition) is 0. The van der Waals surface area contributed by atoms with Crippen molar-refractivity contribution in [3.8, 4) is 12.3 Å². The highest BCUT2D eigenvalue weighted by molar-refractivity contribution is 7.84. The summed E-state index contributed by atoms with van der Waals surface area (Å²) in [5.41, 5.74) is 0.776. The van der Waals surface area contributed by atoms with Crippen molar-refractivity contribution in [3.63, 3.8) is 0 Å². The van der Waals surface area contributed by atoms with Crippen LogP contribution < -0.4 is 0 Å². The van der Waals surface area contributed by atoms with E-state index >= 15 is 0 Å². The summed E-state index contributed by atoms with van der Waals surface area (Å²) in [6.45, 7) is 0. The maximum atomic E-state index is 11.0. The third kappa shape index (κ3) is 2.98. The molecule has 0 bridgehead atoms. The molecule has 3 rings (SSSR count). The molecule has 0 saturated heterocycles. The Morgan fingerprint density at radius 3 is 2.18 bits per heavy atom. The van der Waals surface area contributed by atoms with Gasteiger partial charge in [-0.3, -0.25) is 4.21 Å². The Bertz CT molecular complexity index is 440. The minimum Gasteiger partial charge on any atom is -0.255 e. The van der Waals surface area contributed by atoms with Gasteiger partial charge >= 0.3 is 0 Å². The van der Waals surface area contributed by atoms with E-state index in [0.29, 0.717) is 0 Å². The van der Waals surface area contributed by atoms with Crippen molar-refractivity contribution in [2.45, 2.75) is 30.6 Å². The summed E-state index contributed by atoms with van der Waals surface area (Å²) in [5, 5.41) is 0. The SMILES string of the molecule is C#Cc1cccc(S(C)=O)c1.C1CC2CCC12. The standard InChI is InChI=1S/C9H8OS.C6H10/c1-3-8-5-4-6-9(7-8)11(2)10;1-2-6-4-3-5(1)6/h1,4-7H,2H3;5-6H,1-4H2. The first-order valence-electron chi connectivity index (χ1n) is 6.11. The average Bonchev–Trinajstić information content (AvgIpc) is 2.34. The maximum Gasteiger partial charge on any atom is 0.0498 e. The van der Waals surface area contributed by atoms with Crippen molar-refractivity contribution in [3.05, 3.63) is 29.8 Å². The van der Waals surface area contributed by atoms with Crippen molar-refractivity contribution in [2.24, 2.45) is 11.8 Å². The Morgan fingerprint density at radius 2 is 1.82 bits per heavy atom. The van der Waals surface area contributed by atoms with Gasteiger partial charge in [-0.1, -0.05) is 12.0 Å². The molecule has 2 saturated carbocycles. The van der Waals surface area contributed by atoms with Gasteiger partial charge in [-0.15, -0.1) is 6.42 Å². The van der Waals surface area contributed by atoms with E-state index in [1.165, 1.54) is 11.8 Å². The molecule has 2 heteroatoms. The maximum absolute atomic E-state index is 11.0. The second-order valence-electron chi connectivity index (χ2n) is 4.80. The van der Waals surface area contributed by atoms with Crippen LogP contribution in [-0.4, -0.2) is 10.5 Å². The second-order valence-corrected chi connectivity index (χ2v) is 6.18. The van der Waals surface area contributed by atoms with Crippen LogP contribution in [0.15, 0.2) is 29.2 Å². The Hall–Kier alpha value is -1.07. The van der Waals surface area contributed by atoms with Crippen LogP contribution in [0, 0.1) is 24.2 Å². The molecule has 1 nitrogen and oxygen atoms in total. The van der Waals surface area contributed by atoms with Crippen LogP contribution in [0.25, 0.3) is 0 Å². The normalized spacial score (nSPS) is 26.1. The van der Waals surface area contributed by atoms with E-state index in [4.69, 9.17) is 6.42 Å². The molecule has 2 fully saturated rings. The zero-order chi connectivity index (χ0) is 12.3. The molecule has 1 unspecified atom stereocenters. The lowest BCUT2D eigenvalue weighted by Gasteiger charge is -2.46. The molecule has 0 aliphatic heterocycles. The summed E-state index contributed by atoms with van der Waals surface area (Å²) < 4.78 is 11.0. The van der Waals surface area contributed by atoms with Gasteiger partial charge in [-0.25, -0.2) is 0 Å². The average molecular weight is 246 g/mol. The molecular formula is C15H18OS. The van der Waals surface area contributed by atoms with E-state index in [2.05, 4.69) is 5.92 Å². The van der Waals surface area contributed by atoms with E-state index in [9.17, 15) is 4.21 Å². The number of benzene rings is 1. The third-order valence-corrected chi connectivity index (χ3v) is 4.73. The lowest BCUT2D eigenvalue weighted by Crippen LogP contribution is -2.34. The van der Waals surface area contributed by atoms with E-state index in [0.717, 1.165) is 10.5 Å². The van der Waals surface area contributed by atoms with E-state index < -0.39 is 10.8 Å².